The van der Waals surface area contributed by atoms with Crippen LogP contribution in [-0.4, -0.2) is 47.4 Å². The molecule has 0 aromatic carbocycles. The standard InChI is InChI=1S/C64H123NO5/c1-3-5-7-9-11-13-15-17-19-21-23-25-28-32-36-40-44-48-52-56-62(67)61(60-66)65-63(68)57-53-49-45-41-37-33-29-27-31-35-39-43-47-51-55-59-70-64(69)58-54-50-46-42-38-34-30-26-24-22-20-18-16-14-12-10-8-6-4-2/h31,35,52,56,61-62,66-67H,3-30,32-34,36-51,53-55,57-60H2,1-2H3,(H,65,68)/b35-31-,56-52+. The summed E-state index contributed by atoms with van der Waals surface area (Å²) in [6.07, 6.45) is 73.6. The average Bonchev–Trinajstić information content (AvgIpc) is 3.36. The minimum Gasteiger partial charge on any atom is -0.466 e. The maximum Gasteiger partial charge on any atom is 0.305 e. The Balaban J connectivity index is 3.47. The van der Waals surface area contributed by atoms with Gasteiger partial charge in [0.25, 0.3) is 0 Å². The summed E-state index contributed by atoms with van der Waals surface area (Å²) >= 11 is 0. The van der Waals surface area contributed by atoms with Crippen molar-refractivity contribution >= 4 is 11.9 Å². The van der Waals surface area contributed by atoms with Crippen LogP contribution in [-0.2, 0) is 14.3 Å². The fourth-order valence-corrected chi connectivity index (χ4v) is 9.87. The minimum atomic E-state index is -0.855. The molecule has 0 radical (unpaired) electrons. The number of aliphatic hydroxyl groups excluding tert-OH is 2. The van der Waals surface area contributed by atoms with E-state index in [1.54, 1.807) is 6.08 Å². The fourth-order valence-electron chi connectivity index (χ4n) is 9.87. The summed E-state index contributed by atoms with van der Waals surface area (Å²) in [6.45, 7) is 4.90. The summed E-state index contributed by atoms with van der Waals surface area (Å²) in [5, 5.41) is 23.2. The lowest BCUT2D eigenvalue weighted by Gasteiger charge is -2.20. The lowest BCUT2D eigenvalue weighted by Crippen LogP contribution is -2.45. The molecule has 3 N–H and O–H groups in total. The van der Waals surface area contributed by atoms with E-state index in [1.165, 1.54) is 250 Å². The summed E-state index contributed by atoms with van der Waals surface area (Å²) < 4.78 is 5.48. The van der Waals surface area contributed by atoms with E-state index in [9.17, 15) is 19.8 Å². The molecule has 0 rings (SSSR count). The van der Waals surface area contributed by atoms with Gasteiger partial charge in [-0.2, -0.15) is 0 Å². The van der Waals surface area contributed by atoms with Crippen molar-refractivity contribution in [2.24, 2.45) is 0 Å². The van der Waals surface area contributed by atoms with E-state index < -0.39 is 12.1 Å². The number of carbonyl (C=O) groups is 2. The molecule has 0 spiro atoms. The molecule has 0 heterocycles. The third-order valence-electron chi connectivity index (χ3n) is 14.7. The molecule has 0 aliphatic heterocycles. The Labute approximate surface area is 437 Å². The van der Waals surface area contributed by atoms with Gasteiger partial charge < -0.3 is 20.3 Å². The van der Waals surface area contributed by atoms with Crippen LogP contribution in [0.2, 0.25) is 0 Å². The molecule has 0 aromatic rings. The molecule has 0 aromatic heterocycles. The molecular weight excluding hydrogens is 863 g/mol. The number of unbranched alkanes of at least 4 members (excludes halogenated alkanes) is 46. The Hall–Kier alpha value is -1.66. The number of carbonyl (C=O) groups excluding carboxylic acids is 2. The highest BCUT2D eigenvalue weighted by Crippen LogP contribution is 2.18. The molecule has 414 valence electrons. The number of ether oxygens (including phenoxy) is 1. The van der Waals surface area contributed by atoms with Crippen molar-refractivity contribution in [3.63, 3.8) is 0 Å². The van der Waals surface area contributed by atoms with Gasteiger partial charge in [-0.15, -0.1) is 0 Å². The average molecular weight is 987 g/mol. The van der Waals surface area contributed by atoms with Gasteiger partial charge in [0.2, 0.25) is 5.91 Å². The number of rotatable bonds is 59. The second-order valence-electron chi connectivity index (χ2n) is 21.7. The van der Waals surface area contributed by atoms with E-state index in [0.29, 0.717) is 19.4 Å². The molecule has 0 bridgehead atoms. The molecule has 2 atom stereocenters. The molecule has 6 nitrogen and oxygen atoms in total. The zero-order chi connectivity index (χ0) is 50.7. The zero-order valence-corrected chi connectivity index (χ0v) is 47.3. The van der Waals surface area contributed by atoms with Crippen LogP contribution in [0.25, 0.3) is 0 Å². The summed E-state index contributed by atoms with van der Waals surface area (Å²) in [6, 6.07) is -0.640. The van der Waals surface area contributed by atoms with Gasteiger partial charge in [-0.1, -0.05) is 301 Å². The first-order valence-corrected chi connectivity index (χ1v) is 31.6. The third kappa shape index (κ3) is 55.7. The first-order chi connectivity index (χ1) is 34.5. The maximum absolute atomic E-state index is 12.5. The van der Waals surface area contributed by atoms with Crippen LogP contribution in [0, 0.1) is 0 Å². The van der Waals surface area contributed by atoms with Crippen LogP contribution in [0.5, 0.6) is 0 Å². The van der Waals surface area contributed by atoms with Crippen LogP contribution in [0.1, 0.15) is 348 Å². The minimum absolute atomic E-state index is 0.00582. The van der Waals surface area contributed by atoms with E-state index in [4.69, 9.17) is 4.74 Å². The Kier molecular flexibility index (Phi) is 58.5. The van der Waals surface area contributed by atoms with E-state index in [0.717, 1.165) is 70.6 Å². The summed E-state index contributed by atoms with van der Waals surface area (Å²) in [5.41, 5.74) is 0. The quantitative estimate of drug-likeness (QED) is 0.0321. The SMILES string of the molecule is CCCCCCCCCCCCCCCCCCC/C=C/C(O)C(CO)NC(=O)CCCCCCCCC/C=C\CCCCCCOC(=O)CCCCCCCCCCCCCCCCCCCCC. The van der Waals surface area contributed by atoms with Crippen molar-refractivity contribution in [1.29, 1.82) is 0 Å². The van der Waals surface area contributed by atoms with Crippen molar-refractivity contribution in [3.8, 4) is 0 Å². The highest BCUT2D eigenvalue weighted by atomic mass is 16.5. The van der Waals surface area contributed by atoms with Crippen molar-refractivity contribution in [1.82, 2.24) is 5.32 Å². The number of amides is 1. The van der Waals surface area contributed by atoms with Crippen molar-refractivity contribution in [2.45, 2.75) is 360 Å². The lowest BCUT2D eigenvalue weighted by molar-refractivity contribution is -0.143. The molecule has 6 heteroatoms. The predicted molar refractivity (Wildman–Crippen MR) is 306 cm³/mol. The summed E-state index contributed by atoms with van der Waals surface area (Å²) in [4.78, 5) is 24.6. The molecule has 0 saturated carbocycles. The lowest BCUT2D eigenvalue weighted by atomic mass is 10.0. The Bertz CT molecular complexity index is 1090. The Morgan fingerprint density at radius 3 is 1.01 bits per heavy atom. The van der Waals surface area contributed by atoms with Crippen molar-refractivity contribution in [2.75, 3.05) is 13.2 Å². The molecule has 0 aliphatic rings. The first kappa shape index (κ1) is 68.3. The Morgan fingerprint density at radius 1 is 0.386 bits per heavy atom. The van der Waals surface area contributed by atoms with Gasteiger partial charge >= 0.3 is 5.97 Å². The van der Waals surface area contributed by atoms with Gasteiger partial charge in [0, 0.05) is 12.8 Å². The monoisotopic (exact) mass is 986 g/mol. The van der Waals surface area contributed by atoms with Gasteiger partial charge in [0.1, 0.15) is 0 Å². The number of nitrogens with one attached hydrogen (secondary N) is 1. The largest absolute Gasteiger partial charge is 0.466 e. The Morgan fingerprint density at radius 2 is 0.671 bits per heavy atom. The number of hydrogen-bond donors (Lipinski definition) is 3. The topological polar surface area (TPSA) is 95.9 Å². The predicted octanol–water partition coefficient (Wildman–Crippen LogP) is 19.8. The fraction of sp³-hybridized carbons (Fsp3) is 0.906. The van der Waals surface area contributed by atoms with E-state index >= 15 is 0 Å². The van der Waals surface area contributed by atoms with Crippen molar-refractivity contribution in [3.05, 3.63) is 24.3 Å². The van der Waals surface area contributed by atoms with Gasteiger partial charge in [-0.25, -0.2) is 0 Å². The molecule has 2 unspecified atom stereocenters. The first-order valence-electron chi connectivity index (χ1n) is 31.6. The van der Waals surface area contributed by atoms with Gasteiger partial charge in [-0.05, 0) is 57.8 Å². The number of esters is 1. The molecule has 0 aliphatic carbocycles. The van der Waals surface area contributed by atoms with Crippen LogP contribution in [0.15, 0.2) is 24.3 Å². The number of allylic oxidation sites excluding steroid dienone is 3. The van der Waals surface area contributed by atoms with Crippen LogP contribution in [0.3, 0.4) is 0 Å². The third-order valence-corrected chi connectivity index (χ3v) is 14.7. The summed E-state index contributed by atoms with van der Waals surface area (Å²) in [7, 11) is 0. The molecule has 0 saturated heterocycles. The van der Waals surface area contributed by atoms with Crippen molar-refractivity contribution < 1.29 is 24.5 Å². The molecule has 0 fully saturated rings. The van der Waals surface area contributed by atoms with E-state index in [-0.39, 0.29) is 18.5 Å². The second-order valence-corrected chi connectivity index (χ2v) is 21.7. The smallest absolute Gasteiger partial charge is 0.305 e. The zero-order valence-electron chi connectivity index (χ0n) is 47.3. The van der Waals surface area contributed by atoms with Gasteiger partial charge in [0.05, 0.1) is 25.4 Å². The highest BCUT2D eigenvalue weighted by molar-refractivity contribution is 5.76. The molecule has 1 amide bonds. The van der Waals surface area contributed by atoms with Crippen LogP contribution in [0.4, 0.5) is 0 Å². The maximum atomic E-state index is 12.5. The number of hydrogen-bond acceptors (Lipinski definition) is 5. The number of aliphatic hydroxyl groups is 2. The van der Waals surface area contributed by atoms with Gasteiger partial charge in [-0.3, -0.25) is 9.59 Å². The normalized spacial score (nSPS) is 12.7. The summed E-state index contributed by atoms with van der Waals surface area (Å²) in [5.74, 6) is -0.0860. The van der Waals surface area contributed by atoms with Crippen LogP contribution < -0.4 is 5.32 Å². The highest BCUT2D eigenvalue weighted by Gasteiger charge is 2.18. The molecule has 70 heavy (non-hydrogen) atoms. The van der Waals surface area contributed by atoms with E-state index in [2.05, 4.69) is 31.3 Å². The van der Waals surface area contributed by atoms with Crippen LogP contribution >= 0.6 is 0 Å². The van der Waals surface area contributed by atoms with E-state index in [1.807, 2.05) is 6.08 Å². The molecular formula is C64H123NO5. The van der Waals surface area contributed by atoms with Gasteiger partial charge in [0.15, 0.2) is 0 Å². The second kappa shape index (κ2) is 59.9.